The van der Waals surface area contributed by atoms with Gasteiger partial charge in [0.05, 0.1) is 7.11 Å². The number of ether oxygens (including phenoxy) is 1. The molecule has 2 aromatic rings. The van der Waals surface area contributed by atoms with Crippen molar-refractivity contribution in [3.63, 3.8) is 0 Å². The number of nitrogens with one attached hydrogen (secondary N) is 1. The highest BCUT2D eigenvalue weighted by molar-refractivity contribution is 6.07. The highest BCUT2D eigenvalue weighted by atomic mass is 16.5. The zero-order chi connectivity index (χ0) is 16.8. The number of hydrogen-bond donors (Lipinski definition) is 2. The Balaban J connectivity index is 2.16. The van der Waals surface area contributed by atoms with Gasteiger partial charge in [0.15, 0.2) is 17.3 Å². The van der Waals surface area contributed by atoms with E-state index in [4.69, 9.17) is 4.74 Å². The van der Waals surface area contributed by atoms with Gasteiger partial charge in [0, 0.05) is 18.2 Å². The molecule has 2 rings (SSSR count). The number of phenols is 1. The fourth-order valence-electron chi connectivity index (χ4n) is 2.02. The van der Waals surface area contributed by atoms with Crippen LogP contribution in [0.5, 0.6) is 11.5 Å². The first-order chi connectivity index (χ1) is 11.0. The van der Waals surface area contributed by atoms with E-state index in [0.717, 1.165) is 5.56 Å². The highest BCUT2D eigenvalue weighted by Crippen LogP contribution is 2.26. The van der Waals surface area contributed by atoms with E-state index in [1.54, 1.807) is 42.5 Å². The number of anilines is 1. The van der Waals surface area contributed by atoms with E-state index in [0.29, 0.717) is 17.0 Å². The first-order valence-corrected chi connectivity index (χ1v) is 6.96. The molecule has 0 aromatic heterocycles. The summed E-state index contributed by atoms with van der Waals surface area (Å²) in [7, 11) is 1.46. The van der Waals surface area contributed by atoms with E-state index in [9.17, 15) is 14.7 Å². The van der Waals surface area contributed by atoms with Crippen molar-refractivity contribution in [2.24, 2.45) is 0 Å². The molecule has 0 bridgehead atoms. The van der Waals surface area contributed by atoms with Gasteiger partial charge in [-0.2, -0.15) is 0 Å². The van der Waals surface area contributed by atoms with E-state index in [1.807, 2.05) is 0 Å². The topological polar surface area (TPSA) is 75.6 Å². The van der Waals surface area contributed by atoms with Crippen molar-refractivity contribution in [3.8, 4) is 11.5 Å². The summed E-state index contributed by atoms with van der Waals surface area (Å²) in [5, 5.41) is 12.2. The van der Waals surface area contributed by atoms with E-state index in [1.165, 1.54) is 26.2 Å². The van der Waals surface area contributed by atoms with Gasteiger partial charge in [-0.1, -0.05) is 24.3 Å². The van der Waals surface area contributed by atoms with Crippen LogP contribution in [0.2, 0.25) is 0 Å². The van der Waals surface area contributed by atoms with Gasteiger partial charge in [-0.05, 0) is 35.9 Å². The minimum Gasteiger partial charge on any atom is -0.504 e. The molecule has 1 amide bonds. The van der Waals surface area contributed by atoms with Crippen LogP contribution in [0.1, 0.15) is 22.8 Å². The van der Waals surface area contributed by atoms with E-state index in [-0.39, 0.29) is 17.4 Å². The molecule has 0 aliphatic carbocycles. The van der Waals surface area contributed by atoms with E-state index < -0.39 is 0 Å². The van der Waals surface area contributed by atoms with Gasteiger partial charge in [-0.3, -0.25) is 9.59 Å². The molecule has 0 heterocycles. The Labute approximate surface area is 134 Å². The molecule has 0 aliphatic rings. The molecule has 0 unspecified atom stereocenters. The number of ketones is 1. The lowest BCUT2D eigenvalue weighted by molar-refractivity contribution is -0.114. The lowest BCUT2D eigenvalue weighted by atomic mass is 10.1. The van der Waals surface area contributed by atoms with Crippen LogP contribution in [0.4, 0.5) is 5.69 Å². The number of aromatic hydroxyl groups is 1. The maximum Gasteiger partial charge on any atom is 0.221 e. The third kappa shape index (κ3) is 4.44. The number of benzene rings is 2. The van der Waals surface area contributed by atoms with Crippen molar-refractivity contribution >= 4 is 23.5 Å². The first kappa shape index (κ1) is 16.3. The Morgan fingerprint density at radius 1 is 1.17 bits per heavy atom. The Morgan fingerprint density at radius 3 is 2.65 bits per heavy atom. The first-order valence-electron chi connectivity index (χ1n) is 6.96. The molecular weight excluding hydrogens is 294 g/mol. The number of methoxy groups -OCH3 is 1. The maximum atomic E-state index is 12.2. The highest BCUT2D eigenvalue weighted by Gasteiger charge is 2.05. The number of hydrogen-bond acceptors (Lipinski definition) is 4. The van der Waals surface area contributed by atoms with Crippen molar-refractivity contribution in [1.29, 1.82) is 0 Å². The number of carbonyl (C=O) groups excluding carboxylic acids is 2. The predicted molar refractivity (Wildman–Crippen MR) is 88.8 cm³/mol. The fraction of sp³-hybridized carbons (Fsp3) is 0.111. The molecule has 0 radical (unpaired) electrons. The number of allylic oxidation sites excluding steroid dienone is 1. The Hall–Kier alpha value is -3.08. The van der Waals surface area contributed by atoms with Gasteiger partial charge < -0.3 is 15.2 Å². The largest absolute Gasteiger partial charge is 0.504 e. The molecule has 2 N–H and O–H groups in total. The van der Waals surface area contributed by atoms with Crippen LogP contribution in [-0.2, 0) is 4.79 Å². The van der Waals surface area contributed by atoms with Crippen molar-refractivity contribution < 1.29 is 19.4 Å². The summed E-state index contributed by atoms with van der Waals surface area (Å²) in [5.74, 6) is -0.00295. The SMILES string of the molecule is COc1cc(/C=C/C(=O)c2cccc(NC(C)=O)c2)ccc1O. The smallest absolute Gasteiger partial charge is 0.221 e. The molecule has 0 aliphatic heterocycles. The summed E-state index contributed by atoms with van der Waals surface area (Å²) < 4.78 is 5.02. The average Bonchev–Trinajstić information content (AvgIpc) is 2.53. The van der Waals surface area contributed by atoms with Crippen LogP contribution in [0.3, 0.4) is 0 Å². The molecule has 5 nitrogen and oxygen atoms in total. The van der Waals surface area contributed by atoms with Crippen molar-refractivity contribution in [1.82, 2.24) is 0 Å². The second-order valence-electron chi connectivity index (χ2n) is 4.89. The van der Waals surface area contributed by atoms with Crippen LogP contribution < -0.4 is 10.1 Å². The molecule has 23 heavy (non-hydrogen) atoms. The zero-order valence-electron chi connectivity index (χ0n) is 12.9. The second-order valence-corrected chi connectivity index (χ2v) is 4.89. The average molecular weight is 311 g/mol. The second kappa shape index (κ2) is 7.26. The summed E-state index contributed by atoms with van der Waals surface area (Å²) >= 11 is 0. The zero-order valence-corrected chi connectivity index (χ0v) is 12.9. The van der Waals surface area contributed by atoms with Crippen molar-refractivity contribution in [3.05, 3.63) is 59.7 Å². The summed E-state index contributed by atoms with van der Waals surface area (Å²) in [6.45, 7) is 1.41. The normalized spacial score (nSPS) is 10.5. The monoisotopic (exact) mass is 311 g/mol. The number of rotatable bonds is 5. The summed E-state index contributed by atoms with van der Waals surface area (Å²) in [4.78, 5) is 23.2. The molecule has 0 atom stereocenters. The molecular formula is C18H17NO4. The molecule has 0 saturated heterocycles. The van der Waals surface area contributed by atoms with Crippen LogP contribution in [-0.4, -0.2) is 23.9 Å². The Bertz CT molecular complexity index is 765. The standard InChI is InChI=1S/C18H17NO4/c1-12(20)19-15-5-3-4-14(11-15)16(21)8-6-13-7-9-17(22)18(10-13)23-2/h3-11,22H,1-2H3,(H,19,20)/b8-6+. The predicted octanol–water partition coefficient (Wildman–Crippen LogP) is 3.26. The van der Waals surface area contributed by atoms with Gasteiger partial charge in [0.2, 0.25) is 5.91 Å². The van der Waals surface area contributed by atoms with Crippen LogP contribution in [0, 0.1) is 0 Å². The molecule has 0 spiro atoms. The Morgan fingerprint density at radius 2 is 1.96 bits per heavy atom. The Kier molecular flexibility index (Phi) is 5.15. The molecule has 0 fully saturated rings. The number of amides is 1. The maximum absolute atomic E-state index is 12.2. The number of carbonyl (C=O) groups is 2. The molecule has 5 heteroatoms. The lowest BCUT2D eigenvalue weighted by Gasteiger charge is -2.04. The van der Waals surface area contributed by atoms with Gasteiger partial charge >= 0.3 is 0 Å². The molecule has 2 aromatic carbocycles. The van der Waals surface area contributed by atoms with Crippen LogP contribution in [0.15, 0.2) is 48.5 Å². The van der Waals surface area contributed by atoms with E-state index in [2.05, 4.69) is 5.32 Å². The lowest BCUT2D eigenvalue weighted by Crippen LogP contribution is -2.06. The minimum absolute atomic E-state index is 0.0407. The van der Waals surface area contributed by atoms with Gasteiger partial charge in [-0.25, -0.2) is 0 Å². The summed E-state index contributed by atoms with van der Waals surface area (Å²) in [6, 6.07) is 11.5. The van der Waals surface area contributed by atoms with Crippen molar-refractivity contribution in [2.75, 3.05) is 12.4 Å². The molecule has 0 saturated carbocycles. The third-order valence-corrected chi connectivity index (χ3v) is 3.10. The van der Waals surface area contributed by atoms with Gasteiger partial charge in [-0.15, -0.1) is 0 Å². The van der Waals surface area contributed by atoms with Crippen LogP contribution in [0.25, 0.3) is 6.08 Å². The summed E-state index contributed by atoms with van der Waals surface area (Å²) in [5.41, 5.74) is 1.77. The van der Waals surface area contributed by atoms with Crippen molar-refractivity contribution in [2.45, 2.75) is 6.92 Å². The molecule has 118 valence electrons. The number of phenolic OH excluding ortho intramolecular Hbond substituents is 1. The van der Waals surface area contributed by atoms with Gasteiger partial charge in [0.25, 0.3) is 0 Å². The minimum atomic E-state index is -0.193. The van der Waals surface area contributed by atoms with E-state index >= 15 is 0 Å². The van der Waals surface area contributed by atoms with Crippen LogP contribution >= 0.6 is 0 Å². The third-order valence-electron chi connectivity index (χ3n) is 3.10. The summed E-state index contributed by atoms with van der Waals surface area (Å²) in [6.07, 6.45) is 3.06. The quantitative estimate of drug-likeness (QED) is 0.656. The van der Waals surface area contributed by atoms with Gasteiger partial charge in [0.1, 0.15) is 0 Å². The fourth-order valence-corrected chi connectivity index (χ4v) is 2.02.